The summed E-state index contributed by atoms with van der Waals surface area (Å²) in [4.78, 5) is 15.0. The Morgan fingerprint density at radius 2 is 1.77 bits per heavy atom. The van der Waals surface area contributed by atoms with E-state index in [9.17, 15) is 13.2 Å². The van der Waals surface area contributed by atoms with Crippen molar-refractivity contribution in [1.29, 1.82) is 0 Å². The number of hydrogen-bond acceptors (Lipinski definition) is 5. The van der Waals surface area contributed by atoms with Crippen molar-refractivity contribution in [1.82, 2.24) is 9.62 Å². The molecule has 2 aromatic rings. The van der Waals surface area contributed by atoms with E-state index in [0.717, 1.165) is 12.1 Å². The third-order valence-electron chi connectivity index (χ3n) is 5.23. The van der Waals surface area contributed by atoms with E-state index in [2.05, 4.69) is 10.0 Å². The van der Waals surface area contributed by atoms with E-state index >= 15 is 0 Å². The molecule has 162 valence electrons. The van der Waals surface area contributed by atoms with Gasteiger partial charge in [0.15, 0.2) is 0 Å². The summed E-state index contributed by atoms with van der Waals surface area (Å²) in [6.07, 6.45) is 0.816. The molecule has 0 radical (unpaired) electrons. The van der Waals surface area contributed by atoms with Crippen molar-refractivity contribution in [3.8, 4) is 5.75 Å². The number of anilines is 1. The fourth-order valence-electron chi connectivity index (χ4n) is 3.51. The lowest BCUT2D eigenvalue weighted by atomic mass is 10.0. The molecular weight excluding hydrogens is 402 g/mol. The largest absolute Gasteiger partial charge is 0.497 e. The summed E-state index contributed by atoms with van der Waals surface area (Å²) in [7, 11) is -2.32. The highest BCUT2D eigenvalue weighted by atomic mass is 32.2. The van der Waals surface area contributed by atoms with Gasteiger partial charge in [0.2, 0.25) is 15.9 Å². The quantitative estimate of drug-likeness (QED) is 0.671. The summed E-state index contributed by atoms with van der Waals surface area (Å²) in [5.41, 5.74) is 1.01. The minimum absolute atomic E-state index is 0.104. The number of para-hydroxylation sites is 1. The minimum Gasteiger partial charge on any atom is -0.497 e. The van der Waals surface area contributed by atoms with Crippen molar-refractivity contribution in [3.05, 3.63) is 54.6 Å². The lowest BCUT2D eigenvalue weighted by molar-refractivity contribution is -0.132. The molecule has 0 saturated carbocycles. The Bertz CT molecular complexity index is 946. The van der Waals surface area contributed by atoms with Crippen LogP contribution in [0, 0.1) is 5.92 Å². The van der Waals surface area contributed by atoms with Gasteiger partial charge < -0.3 is 15.0 Å². The zero-order valence-electron chi connectivity index (χ0n) is 17.5. The average molecular weight is 432 g/mol. The zero-order valence-corrected chi connectivity index (χ0v) is 18.4. The van der Waals surface area contributed by atoms with Gasteiger partial charge in [-0.1, -0.05) is 32.0 Å². The van der Waals surface area contributed by atoms with Crippen molar-refractivity contribution in [2.75, 3.05) is 25.5 Å². The monoisotopic (exact) mass is 431 g/mol. The van der Waals surface area contributed by atoms with E-state index in [4.69, 9.17) is 4.74 Å². The van der Waals surface area contributed by atoms with Gasteiger partial charge in [-0.3, -0.25) is 4.79 Å². The molecule has 0 bridgehead atoms. The number of carbonyl (C=O) groups excluding carboxylic acids is 1. The molecule has 1 aliphatic rings. The Labute approximate surface area is 178 Å². The van der Waals surface area contributed by atoms with Crippen LogP contribution in [0.2, 0.25) is 0 Å². The number of nitrogens with zero attached hydrogens (tertiary/aromatic N) is 1. The van der Waals surface area contributed by atoms with E-state index in [-0.39, 0.29) is 22.8 Å². The van der Waals surface area contributed by atoms with Crippen LogP contribution in [-0.4, -0.2) is 51.5 Å². The van der Waals surface area contributed by atoms with Gasteiger partial charge >= 0.3 is 0 Å². The molecule has 1 heterocycles. The third kappa shape index (κ3) is 5.31. The number of amides is 1. The minimum atomic E-state index is -3.83. The molecule has 8 heteroatoms. The molecule has 1 aliphatic heterocycles. The standard InChI is InChI=1S/C22H29N3O4S/c1-16(2)21(24-30(27,28)20-11-9-19(29-3)10-12-20)22(26)25-14-13-18(15-25)23-17-7-5-4-6-8-17/h4-12,16,18,21,23-24H,13-15H2,1-3H3/t18?,21-/m0/s1. The highest BCUT2D eigenvalue weighted by molar-refractivity contribution is 7.89. The van der Waals surface area contributed by atoms with Gasteiger partial charge in [0.1, 0.15) is 11.8 Å². The molecule has 0 aromatic heterocycles. The average Bonchev–Trinajstić information content (AvgIpc) is 3.20. The fraction of sp³-hybridized carbons (Fsp3) is 0.409. The van der Waals surface area contributed by atoms with Crippen LogP contribution in [0.4, 0.5) is 5.69 Å². The summed E-state index contributed by atoms with van der Waals surface area (Å²) in [6, 6.07) is 15.3. The lowest BCUT2D eigenvalue weighted by Gasteiger charge is -2.27. The molecule has 1 saturated heterocycles. The second-order valence-corrected chi connectivity index (χ2v) is 9.51. The number of methoxy groups -OCH3 is 1. The molecule has 0 spiro atoms. The summed E-state index contributed by atoms with van der Waals surface area (Å²) < 4.78 is 33.4. The van der Waals surface area contributed by atoms with Gasteiger partial charge in [-0.2, -0.15) is 4.72 Å². The van der Waals surface area contributed by atoms with Crippen LogP contribution in [0.15, 0.2) is 59.5 Å². The van der Waals surface area contributed by atoms with E-state index in [0.29, 0.717) is 18.8 Å². The highest BCUT2D eigenvalue weighted by Gasteiger charge is 2.35. The van der Waals surface area contributed by atoms with Crippen LogP contribution in [0.25, 0.3) is 0 Å². The van der Waals surface area contributed by atoms with Crippen LogP contribution >= 0.6 is 0 Å². The van der Waals surface area contributed by atoms with Gasteiger partial charge in [0.25, 0.3) is 0 Å². The predicted molar refractivity (Wildman–Crippen MR) is 117 cm³/mol. The first-order chi connectivity index (χ1) is 14.3. The van der Waals surface area contributed by atoms with Gasteiger partial charge in [0.05, 0.1) is 12.0 Å². The molecule has 1 fully saturated rings. The maximum absolute atomic E-state index is 13.1. The van der Waals surface area contributed by atoms with E-state index < -0.39 is 16.1 Å². The number of benzene rings is 2. The Balaban J connectivity index is 1.67. The molecule has 1 unspecified atom stereocenters. The second kappa shape index (κ2) is 9.49. The molecule has 1 amide bonds. The Morgan fingerprint density at radius 3 is 2.37 bits per heavy atom. The summed E-state index contributed by atoms with van der Waals surface area (Å²) in [5.74, 6) is 0.186. The maximum Gasteiger partial charge on any atom is 0.241 e. The first-order valence-electron chi connectivity index (χ1n) is 10.1. The predicted octanol–water partition coefficient (Wildman–Crippen LogP) is 2.71. The van der Waals surface area contributed by atoms with E-state index in [1.165, 1.54) is 19.2 Å². The molecule has 7 nitrogen and oxygen atoms in total. The van der Waals surface area contributed by atoms with Crippen LogP contribution in [-0.2, 0) is 14.8 Å². The maximum atomic E-state index is 13.1. The molecular formula is C22H29N3O4S. The topological polar surface area (TPSA) is 87.7 Å². The van der Waals surface area contributed by atoms with E-state index in [1.807, 2.05) is 44.2 Å². The van der Waals surface area contributed by atoms with Crippen LogP contribution < -0.4 is 14.8 Å². The lowest BCUT2D eigenvalue weighted by Crippen LogP contribution is -2.50. The summed E-state index contributed by atoms with van der Waals surface area (Å²) in [5, 5.41) is 3.43. The van der Waals surface area contributed by atoms with E-state index in [1.54, 1.807) is 17.0 Å². The van der Waals surface area contributed by atoms with Crippen molar-refractivity contribution in [2.24, 2.45) is 5.92 Å². The fourth-order valence-corrected chi connectivity index (χ4v) is 4.84. The number of nitrogens with one attached hydrogen (secondary N) is 2. The van der Waals surface area contributed by atoms with Gasteiger partial charge in [0, 0.05) is 24.8 Å². The van der Waals surface area contributed by atoms with Crippen LogP contribution in [0.1, 0.15) is 20.3 Å². The van der Waals surface area contributed by atoms with Crippen LogP contribution in [0.5, 0.6) is 5.75 Å². The summed E-state index contributed by atoms with van der Waals surface area (Å²) >= 11 is 0. The number of hydrogen-bond donors (Lipinski definition) is 2. The number of carbonyl (C=O) groups is 1. The normalized spacial score (nSPS) is 17.7. The van der Waals surface area contributed by atoms with Crippen molar-refractivity contribution in [2.45, 2.75) is 37.2 Å². The van der Waals surface area contributed by atoms with Crippen molar-refractivity contribution >= 4 is 21.6 Å². The zero-order chi connectivity index (χ0) is 21.7. The number of sulfonamides is 1. The smallest absolute Gasteiger partial charge is 0.241 e. The Hall–Kier alpha value is -2.58. The van der Waals surface area contributed by atoms with Gasteiger partial charge in [-0.25, -0.2) is 8.42 Å². The number of ether oxygens (including phenoxy) is 1. The van der Waals surface area contributed by atoms with Gasteiger partial charge in [-0.15, -0.1) is 0 Å². The molecule has 0 aliphatic carbocycles. The van der Waals surface area contributed by atoms with Crippen LogP contribution in [0.3, 0.4) is 0 Å². The number of rotatable bonds is 8. The molecule has 2 atom stereocenters. The SMILES string of the molecule is COc1ccc(S(=O)(=O)N[C@H](C(=O)N2CCC(Nc3ccccc3)C2)C(C)C)cc1. The molecule has 2 aromatic carbocycles. The second-order valence-electron chi connectivity index (χ2n) is 7.80. The summed E-state index contributed by atoms with van der Waals surface area (Å²) in [6.45, 7) is 4.82. The molecule has 2 N–H and O–H groups in total. The van der Waals surface area contributed by atoms with Crippen molar-refractivity contribution < 1.29 is 17.9 Å². The Morgan fingerprint density at radius 1 is 1.10 bits per heavy atom. The molecule has 30 heavy (non-hydrogen) atoms. The Kier molecular flexibility index (Phi) is 6.99. The van der Waals surface area contributed by atoms with Crippen molar-refractivity contribution in [3.63, 3.8) is 0 Å². The highest BCUT2D eigenvalue weighted by Crippen LogP contribution is 2.20. The van der Waals surface area contributed by atoms with Gasteiger partial charge in [-0.05, 0) is 48.7 Å². The molecule has 3 rings (SSSR count). The third-order valence-corrected chi connectivity index (χ3v) is 6.69. The first kappa shape index (κ1) is 22.1. The number of likely N-dealkylation sites (tertiary alicyclic amines) is 1. The first-order valence-corrected chi connectivity index (χ1v) is 11.5.